The lowest BCUT2D eigenvalue weighted by atomic mass is 10.2. The molecule has 1 aliphatic rings. The molecule has 0 saturated carbocycles. The fourth-order valence-electron chi connectivity index (χ4n) is 2.34. The summed E-state index contributed by atoms with van der Waals surface area (Å²) in [5.41, 5.74) is 5.52. The number of ether oxygens (including phenoxy) is 1. The Balaban J connectivity index is 2.12. The first-order valence-electron chi connectivity index (χ1n) is 6.83. The Morgan fingerprint density at radius 1 is 1.29 bits per heavy atom. The number of anilines is 1. The molecule has 0 aliphatic carbocycles. The van der Waals surface area contributed by atoms with Gasteiger partial charge in [-0.05, 0) is 30.3 Å². The Kier molecular flexibility index (Phi) is 4.10. The molecular weight excluding hydrogens is 359 g/mol. The van der Waals surface area contributed by atoms with Crippen LogP contribution in [0.5, 0.6) is 5.75 Å². The number of nitrogens with two attached hydrogens (primary N) is 1. The minimum absolute atomic E-state index is 0.200. The molecule has 24 heavy (non-hydrogen) atoms. The minimum Gasteiger partial charge on any atom is -0.476 e. The second kappa shape index (κ2) is 5.95. The summed E-state index contributed by atoms with van der Waals surface area (Å²) in [7, 11) is -4.09. The van der Waals surface area contributed by atoms with Crippen LogP contribution >= 0.6 is 11.6 Å². The molecular formula is C15H12ClFN2O4S. The van der Waals surface area contributed by atoms with Gasteiger partial charge in [-0.1, -0.05) is 23.7 Å². The number of rotatable bonds is 3. The summed E-state index contributed by atoms with van der Waals surface area (Å²) in [6.45, 7) is -0.288. The van der Waals surface area contributed by atoms with Crippen LogP contribution in [0.3, 0.4) is 0 Å². The van der Waals surface area contributed by atoms with E-state index in [0.29, 0.717) is 0 Å². The zero-order chi connectivity index (χ0) is 17.5. The summed E-state index contributed by atoms with van der Waals surface area (Å²) in [5.74, 6) is -1.31. The maximum absolute atomic E-state index is 13.3. The fourth-order valence-corrected chi connectivity index (χ4v) is 4.09. The van der Waals surface area contributed by atoms with Crippen molar-refractivity contribution < 1.29 is 22.3 Å². The molecule has 2 aromatic rings. The van der Waals surface area contributed by atoms with Crippen LogP contribution in [0.4, 0.5) is 10.1 Å². The molecule has 2 aromatic carbocycles. The van der Waals surface area contributed by atoms with E-state index in [4.69, 9.17) is 22.1 Å². The molecule has 1 amide bonds. The van der Waals surface area contributed by atoms with Gasteiger partial charge in [-0.3, -0.25) is 9.10 Å². The number of amides is 1. The summed E-state index contributed by atoms with van der Waals surface area (Å²) in [6, 6.07) is 9.43. The number of hydrogen-bond acceptors (Lipinski definition) is 4. The van der Waals surface area contributed by atoms with Crippen LogP contribution in [-0.4, -0.2) is 27.0 Å². The summed E-state index contributed by atoms with van der Waals surface area (Å²) in [4.78, 5) is 11.3. The number of carbonyl (C=O) groups is 1. The third kappa shape index (κ3) is 2.78. The molecule has 6 nitrogen and oxygen atoms in total. The third-order valence-corrected chi connectivity index (χ3v) is 5.60. The van der Waals surface area contributed by atoms with Gasteiger partial charge in [0.2, 0.25) is 0 Å². The minimum atomic E-state index is -4.09. The highest BCUT2D eigenvalue weighted by Gasteiger charge is 2.36. The van der Waals surface area contributed by atoms with Crippen molar-refractivity contribution in [2.45, 2.75) is 11.0 Å². The molecule has 0 aromatic heterocycles. The first-order valence-corrected chi connectivity index (χ1v) is 8.65. The number of carbonyl (C=O) groups excluding carboxylic acids is 1. The average molecular weight is 371 g/mol. The highest BCUT2D eigenvalue weighted by Crippen LogP contribution is 2.37. The molecule has 0 radical (unpaired) electrons. The monoisotopic (exact) mass is 370 g/mol. The maximum Gasteiger partial charge on any atom is 0.264 e. The van der Waals surface area contributed by atoms with Gasteiger partial charge in [0.15, 0.2) is 6.10 Å². The summed E-state index contributed by atoms with van der Waals surface area (Å²) < 4.78 is 45.6. The predicted molar refractivity (Wildman–Crippen MR) is 86.0 cm³/mol. The number of nitrogens with zero attached hydrogens (tertiary/aromatic N) is 1. The van der Waals surface area contributed by atoms with Gasteiger partial charge in [-0.25, -0.2) is 12.8 Å². The summed E-state index contributed by atoms with van der Waals surface area (Å²) in [5, 5.41) is -0.316. The van der Waals surface area contributed by atoms with Gasteiger partial charge in [-0.2, -0.15) is 0 Å². The van der Waals surface area contributed by atoms with E-state index in [9.17, 15) is 17.6 Å². The Morgan fingerprint density at radius 2 is 2.00 bits per heavy atom. The van der Waals surface area contributed by atoms with Gasteiger partial charge < -0.3 is 10.5 Å². The molecule has 1 heterocycles. The number of fused-ring (bicyclic) bond motifs is 1. The van der Waals surface area contributed by atoms with Crippen LogP contribution in [0.25, 0.3) is 0 Å². The van der Waals surface area contributed by atoms with Gasteiger partial charge in [0.25, 0.3) is 15.9 Å². The Morgan fingerprint density at radius 3 is 2.67 bits per heavy atom. The first kappa shape index (κ1) is 16.5. The van der Waals surface area contributed by atoms with Gasteiger partial charge in [-0.15, -0.1) is 0 Å². The third-order valence-electron chi connectivity index (χ3n) is 3.53. The number of primary amides is 1. The number of para-hydroxylation sites is 2. The molecule has 1 atom stereocenters. The largest absolute Gasteiger partial charge is 0.476 e. The van der Waals surface area contributed by atoms with Crippen molar-refractivity contribution in [3.8, 4) is 5.75 Å². The van der Waals surface area contributed by atoms with E-state index < -0.39 is 27.9 Å². The maximum atomic E-state index is 13.3. The van der Waals surface area contributed by atoms with Crippen LogP contribution in [0, 0.1) is 5.82 Å². The highest BCUT2D eigenvalue weighted by molar-refractivity contribution is 7.92. The molecule has 2 N–H and O–H groups in total. The van der Waals surface area contributed by atoms with Crippen molar-refractivity contribution in [1.82, 2.24) is 0 Å². The normalized spacial score (nSPS) is 17.1. The molecule has 0 spiro atoms. The Hall–Kier alpha value is -2.32. The molecule has 0 saturated heterocycles. The lowest BCUT2D eigenvalue weighted by Crippen LogP contribution is -2.49. The van der Waals surface area contributed by atoms with Crippen LogP contribution in [0.1, 0.15) is 0 Å². The zero-order valence-corrected chi connectivity index (χ0v) is 13.7. The number of benzene rings is 2. The van der Waals surface area contributed by atoms with E-state index in [-0.39, 0.29) is 27.9 Å². The van der Waals surface area contributed by atoms with Crippen molar-refractivity contribution in [3.63, 3.8) is 0 Å². The van der Waals surface area contributed by atoms with E-state index in [1.54, 1.807) is 12.1 Å². The smallest absolute Gasteiger partial charge is 0.264 e. The molecule has 3 rings (SSSR count). The molecule has 0 fully saturated rings. The van der Waals surface area contributed by atoms with E-state index in [1.807, 2.05) is 0 Å². The van der Waals surface area contributed by atoms with Crippen molar-refractivity contribution in [1.29, 1.82) is 0 Å². The summed E-state index contributed by atoms with van der Waals surface area (Å²) >= 11 is 5.68. The van der Waals surface area contributed by atoms with Crippen molar-refractivity contribution in [2.75, 3.05) is 10.8 Å². The van der Waals surface area contributed by atoms with Crippen LogP contribution < -0.4 is 14.8 Å². The SMILES string of the molecule is NC(=O)[C@@H]1CN(S(=O)(=O)c2ccc(F)c(Cl)c2)c2ccccc2O1. The Labute approximate surface area is 142 Å². The lowest BCUT2D eigenvalue weighted by molar-refractivity contribution is -0.124. The average Bonchev–Trinajstić information content (AvgIpc) is 2.56. The van der Waals surface area contributed by atoms with E-state index >= 15 is 0 Å². The number of halogens is 2. The molecule has 0 bridgehead atoms. The standard InChI is InChI=1S/C15H12ClFN2O4S/c16-10-7-9(5-6-11(10)17)24(21,22)19-8-14(15(18)20)23-13-4-2-1-3-12(13)19/h1-7,14H,8H2,(H2,18,20)/t14-/m0/s1. The summed E-state index contributed by atoms with van der Waals surface area (Å²) in [6.07, 6.45) is -1.13. The number of hydrogen-bond donors (Lipinski definition) is 1. The van der Waals surface area contributed by atoms with E-state index in [0.717, 1.165) is 22.5 Å². The van der Waals surface area contributed by atoms with Crippen LogP contribution in [0.15, 0.2) is 47.4 Å². The topological polar surface area (TPSA) is 89.7 Å². The van der Waals surface area contributed by atoms with Crippen molar-refractivity contribution in [3.05, 3.63) is 53.3 Å². The van der Waals surface area contributed by atoms with E-state index in [1.165, 1.54) is 12.1 Å². The van der Waals surface area contributed by atoms with Crippen molar-refractivity contribution in [2.24, 2.45) is 5.73 Å². The quantitative estimate of drug-likeness (QED) is 0.893. The van der Waals surface area contributed by atoms with Crippen molar-refractivity contribution >= 4 is 33.2 Å². The fraction of sp³-hybridized carbons (Fsp3) is 0.133. The van der Waals surface area contributed by atoms with Gasteiger partial charge in [0, 0.05) is 0 Å². The highest BCUT2D eigenvalue weighted by atomic mass is 35.5. The predicted octanol–water partition coefficient (Wildman–Crippen LogP) is 1.92. The van der Waals surface area contributed by atoms with E-state index in [2.05, 4.69) is 0 Å². The number of sulfonamides is 1. The van der Waals surface area contributed by atoms with Crippen LogP contribution in [0.2, 0.25) is 5.02 Å². The first-order chi connectivity index (χ1) is 11.3. The molecule has 126 valence electrons. The molecule has 1 aliphatic heterocycles. The zero-order valence-electron chi connectivity index (χ0n) is 12.1. The second-order valence-corrected chi connectivity index (χ2v) is 7.36. The molecule has 9 heteroatoms. The van der Waals surface area contributed by atoms with Gasteiger partial charge >= 0.3 is 0 Å². The lowest BCUT2D eigenvalue weighted by Gasteiger charge is -2.34. The van der Waals surface area contributed by atoms with Gasteiger partial charge in [0.05, 0.1) is 22.2 Å². The van der Waals surface area contributed by atoms with Gasteiger partial charge in [0.1, 0.15) is 11.6 Å². The molecule has 0 unspecified atom stereocenters. The second-order valence-electron chi connectivity index (χ2n) is 5.09. The van der Waals surface area contributed by atoms with Crippen LogP contribution in [-0.2, 0) is 14.8 Å². The Bertz CT molecular complexity index is 919.